The highest BCUT2D eigenvalue weighted by atomic mass is 35.5. The number of fused-ring (bicyclic) bond motifs is 1. The van der Waals surface area contributed by atoms with Gasteiger partial charge in [0.05, 0.1) is 12.6 Å². The molecule has 1 saturated carbocycles. The van der Waals surface area contributed by atoms with Crippen molar-refractivity contribution in [3.8, 4) is 11.8 Å². The number of methoxy groups -OCH3 is 1. The van der Waals surface area contributed by atoms with Gasteiger partial charge in [0.15, 0.2) is 0 Å². The highest BCUT2D eigenvalue weighted by Crippen LogP contribution is 2.47. The Hall–Kier alpha value is -2.30. The molecule has 1 fully saturated rings. The lowest BCUT2D eigenvalue weighted by Gasteiger charge is -2.12. The maximum absolute atomic E-state index is 12.8. The van der Waals surface area contributed by atoms with Gasteiger partial charge in [0.1, 0.15) is 4.90 Å². The summed E-state index contributed by atoms with van der Waals surface area (Å²) in [6.07, 6.45) is 1.27. The normalized spacial score (nSPS) is 14.7. The summed E-state index contributed by atoms with van der Waals surface area (Å²) in [5, 5.41) is 6.31. The van der Waals surface area contributed by atoms with Crippen molar-refractivity contribution in [1.82, 2.24) is 14.5 Å². The molecule has 2 heterocycles. The summed E-state index contributed by atoms with van der Waals surface area (Å²) in [7, 11) is -2.72. The zero-order valence-electron chi connectivity index (χ0n) is 15.3. The Balaban J connectivity index is 2.00. The van der Waals surface area contributed by atoms with Gasteiger partial charge >= 0.3 is 0 Å². The van der Waals surface area contributed by atoms with Crippen LogP contribution in [0.1, 0.15) is 29.9 Å². The summed E-state index contributed by atoms with van der Waals surface area (Å²) < 4.78 is 56.5. The van der Waals surface area contributed by atoms with Crippen LogP contribution in [-0.4, -0.2) is 36.5 Å². The Labute approximate surface area is 170 Å². The summed E-state index contributed by atoms with van der Waals surface area (Å²) in [5.74, 6) is 0.251. The van der Waals surface area contributed by atoms with Crippen molar-refractivity contribution in [2.24, 2.45) is 5.14 Å². The van der Waals surface area contributed by atoms with Crippen LogP contribution in [0.5, 0.6) is 5.88 Å². The number of nitrogens with zero attached hydrogens (tertiary/aromatic N) is 3. The number of sulfonamides is 1. The van der Waals surface area contributed by atoms with E-state index in [9.17, 15) is 17.2 Å². The maximum Gasteiger partial charge on any atom is 0.242 e. The topological polar surface area (TPSA) is 100 Å². The van der Waals surface area contributed by atoms with Gasteiger partial charge in [-0.25, -0.2) is 27.3 Å². The molecule has 7 nitrogen and oxygen atoms in total. The third kappa shape index (κ3) is 3.67. The highest BCUT2D eigenvalue weighted by Gasteiger charge is 2.32. The fraction of sp³-hybridized carbons (Fsp3) is 0.333. The number of rotatable bonds is 6. The number of primary sulfonamides is 1. The van der Waals surface area contributed by atoms with E-state index in [0.29, 0.717) is 15.9 Å². The molecule has 0 spiro atoms. The Morgan fingerprint density at radius 2 is 2.10 bits per heavy atom. The fourth-order valence-corrected chi connectivity index (χ4v) is 4.45. The van der Waals surface area contributed by atoms with Gasteiger partial charge in [0.2, 0.25) is 28.3 Å². The number of halogens is 3. The van der Waals surface area contributed by atoms with Gasteiger partial charge < -0.3 is 4.74 Å². The fourth-order valence-electron chi connectivity index (χ4n) is 3.42. The number of aromatic nitrogens is 3. The molecular weight excluding hydrogens is 426 g/mol. The Morgan fingerprint density at radius 3 is 2.69 bits per heavy atom. The molecule has 0 unspecified atom stereocenters. The molecule has 0 saturated heterocycles. The summed E-state index contributed by atoms with van der Waals surface area (Å²) in [5.41, 5.74) is 1.47. The molecule has 0 atom stereocenters. The molecule has 1 aromatic carbocycles. The Morgan fingerprint density at radius 1 is 1.38 bits per heavy atom. The minimum atomic E-state index is -4.04. The molecule has 11 heteroatoms. The zero-order chi connectivity index (χ0) is 20.9. The quantitative estimate of drug-likeness (QED) is 0.630. The molecule has 4 rings (SSSR count). The monoisotopic (exact) mass is 442 g/mol. The third-order valence-electron chi connectivity index (χ3n) is 4.80. The van der Waals surface area contributed by atoms with Gasteiger partial charge in [-0.1, -0.05) is 11.6 Å². The predicted molar refractivity (Wildman–Crippen MR) is 103 cm³/mol. The summed E-state index contributed by atoms with van der Waals surface area (Å²) in [6, 6.07) is 3.23. The first kappa shape index (κ1) is 20.0. The first-order valence-corrected chi connectivity index (χ1v) is 10.7. The van der Waals surface area contributed by atoms with Crippen molar-refractivity contribution in [2.75, 3.05) is 7.11 Å². The number of hydrogen-bond donors (Lipinski definition) is 1. The second-order valence-electron chi connectivity index (χ2n) is 6.84. The predicted octanol–water partition coefficient (Wildman–Crippen LogP) is 3.41. The lowest BCUT2D eigenvalue weighted by atomic mass is 10.1. The molecule has 3 aromatic rings. The lowest BCUT2D eigenvalue weighted by Crippen LogP contribution is -2.11. The maximum atomic E-state index is 12.8. The van der Waals surface area contributed by atoms with Gasteiger partial charge in [-0.15, -0.1) is 0 Å². The molecule has 0 amide bonds. The van der Waals surface area contributed by atoms with E-state index in [0.717, 1.165) is 18.4 Å². The largest absolute Gasteiger partial charge is 0.481 e. The summed E-state index contributed by atoms with van der Waals surface area (Å²) in [6.45, 7) is 0. The van der Waals surface area contributed by atoms with Crippen LogP contribution in [0.4, 0.5) is 8.78 Å². The van der Waals surface area contributed by atoms with Crippen molar-refractivity contribution >= 4 is 32.5 Å². The molecule has 154 valence electrons. The molecule has 2 aromatic heterocycles. The van der Waals surface area contributed by atoms with Crippen LogP contribution in [0.3, 0.4) is 0 Å². The SMILES string of the molecule is COc1nc(-n2cc(S(N)(=O)=O)c3ccc(Cl)c(C4CC4)c32)ncc1CC(F)F. The van der Waals surface area contributed by atoms with Crippen molar-refractivity contribution in [3.63, 3.8) is 0 Å². The number of benzene rings is 1. The minimum absolute atomic E-state index is 0.00990. The molecule has 0 radical (unpaired) electrons. The third-order valence-corrected chi connectivity index (χ3v) is 6.07. The van der Waals surface area contributed by atoms with E-state index in [1.54, 1.807) is 12.1 Å². The van der Waals surface area contributed by atoms with E-state index >= 15 is 0 Å². The van der Waals surface area contributed by atoms with Crippen molar-refractivity contribution in [2.45, 2.75) is 36.5 Å². The molecular formula is C18H17ClF2N4O3S. The van der Waals surface area contributed by atoms with Gasteiger partial charge in [-0.3, -0.25) is 4.57 Å². The lowest BCUT2D eigenvalue weighted by molar-refractivity contribution is 0.147. The van der Waals surface area contributed by atoms with Crippen molar-refractivity contribution in [1.29, 1.82) is 0 Å². The number of alkyl halides is 2. The van der Waals surface area contributed by atoms with E-state index in [1.807, 2.05) is 0 Å². The molecule has 0 aliphatic heterocycles. The second-order valence-corrected chi connectivity index (χ2v) is 8.78. The van der Waals surface area contributed by atoms with Crippen LogP contribution in [0.25, 0.3) is 16.9 Å². The van der Waals surface area contributed by atoms with E-state index < -0.39 is 22.9 Å². The van der Waals surface area contributed by atoms with Crippen LogP contribution in [-0.2, 0) is 16.4 Å². The van der Waals surface area contributed by atoms with Crippen molar-refractivity contribution < 1.29 is 21.9 Å². The summed E-state index contributed by atoms with van der Waals surface area (Å²) in [4.78, 5) is 8.30. The number of nitrogens with two attached hydrogens (primary N) is 1. The van der Waals surface area contributed by atoms with E-state index in [1.165, 1.54) is 24.1 Å². The first-order chi connectivity index (χ1) is 13.7. The standard InChI is InChI=1S/C18H17ClF2N4O3S/c1-28-17-10(6-14(20)21)7-23-18(24-17)25-8-13(29(22,26)27)11-4-5-12(19)15(16(11)25)9-2-3-9/h4-5,7-9,14H,2-3,6H2,1H3,(H2,22,26,27). The zero-order valence-corrected chi connectivity index (χ0v) is 16.8. The minimum Gasteiger partial charge on any atom is -0.481 e. The molecule has 1 aliphatic rings. The van der Waals surface area contributed by atoms with E-state index in [2.05, 4.69) is 9.97 Å². The van der Waals surface area contributed by atoms with Crippen LogP contribution < -0.4 is 9.88 Å². The second kappa shape index (κ2) is 7.19. The van der Waals surface area contributed by atoms with E-state index in [-0.39, 0.29) is 28.2 Å². The van der Waals surface area contributed by atoms with Crippen LogP contribution in [0, 0.1) is 0 Å². The molecule has 29 heavy (non-hydrogen) atoms. The van der Waals surface area contributed by atoms with E-state index in [4.69, 9.17) is 21.5 Å². The van der Waals surface area contributed by atoms with Crippen LogP contribution >= 0.6 is 11.6 Å². The molecule has 0 bridgehead atoms. The smallest absolute Gasteiger partial charge is 0.242 e. The Kier molecular flexibility index (Phi) is 4.96. The average molecular weight is 443 g/mol. The number of hydrogen-bond acceptors (Lipinski definition) is 5. The molecule has 1 aliphatic carbocycles. The van der Waals surface area contributed by atoms with Gasteiger partial charge in [-0.2, -0.15) is 4.98 Å². The van der Waals surface area contributed by atoms with Crippen molar-refractivity contribution in [3.05, 3.63) is 40.7 Å². The van der Waals surface area contributed by atoms with Gasteiger partial charge in [0.25, 0.3) is 0 Å². The highest BCUT2D eigenvalue weighted by molar-refractivity contribution is 7.89. The first-order valence-electron chi connectivity index (χ1n) is 8.75. The average Bonchev–Trinajstić information content (AvgIpc) is 3.40. The van der Waals surface area contributed by atoms with Crippen LogP contribution in [0.2, 0.25) is 5.02 Å². The van der Waals surface area contributed by atoms with Crippen LogP contribution in [0.15, 0.2) is 29.4 Å². The van der Waals surface area contributed by atoms with Gasteiger partial charge in [-0.05, 0) is 36.5 Å². The van der Waals surface area contributed by atoms with Gasteiger partial charge in [0, 0.05) is 34.8 Å². The summed E-state index contributed by atoms with van der Waals surface area (Å²) >= 11 is 6.42. The molecule has 2 N–H and O–H groups in total. The number of ether oxygens (including phenoxy) is 1. The Bertz CT molecular complexity index is 1210.